The molecule has 1 aliphatic carbocycles. The van der Waals surface area contributed by atoms with Crippen molar-refractivity contribution in [1.29, 1.82) is 5.26 Å². The zero-order valence-corrected chi connectivity index (χ0v) is 25.9. The van der Waals surface area contributed by atoms with E-state index in [0.29, 0.717) is 42.8 Å². The Hall–Kier alpha value is -5.21. The molecule has 234 valence electrons. The molecule has 0 amide bonds. The molecule has 1 saturated carbocycles. The summed E-state index contributed by atoms with van der Waals surface area (Å²) in [5.41, 5.74) is 5.42. The number of nitrogens with zero attached hydrogens (tertiary/aromatic N) is 7. The van der Waals surface area contributed by atoms with Crippen LogP contribution in [0.15, 0.2) is 67.1 Å². The highest BCUT2D eigenvalue weighted by Crippen LogP contribution is 2.59. The van der Waals surface area contributed by atoms with Crippen LogP contribution in [0, 0.1) is 17.2 Å². The molecule has 2 fully saturated rings. The second-order valence-corrected chi connectivity index (χ2v) is 12.1. The highest BCUT2D eigenvalue weighted by Gasteiger charge is 2.58. The van der Waals surface area contributed by atoms with E-state index in [1.165, 1.54) is 0 Å². The van der Waals surface area contributed by atoms with Gasteiger partial charge < -0.3 is 23.7 Å². The molecular weight excluding hydrogens is 582 g/mol. The van der Waals surface area contributed by atoms with Crippen molar-refractivity contribution in [3.8, 4) is 17.7 Å². The quantitative estimate of drug-likeness (QED) is 0.217. The third-order valence-corrected chi connectivity index (χ3v) is 9.51. The molecule has 11 nitrogen and oxygen atoms in total. The third-order valence-electron chi connectivity index (χ3n) is 9.51. The van der Waals surface area contributed by atoms with Crippen LogP contribution >= 0.6 is 0 Å². The van der Waals surface area contributed by atoms with Gasteiger partial charge in [0.05, 0.1) is 66.1 Å². The maximum absolute atomic E-state index is 11.8. The predicted molar refractivity (Wildman–Crippen MR) is 170 cm³/mol. The summed E-state index contributed by atoms with van der Waals surface area (Å²) in [4.78, 5) is 28.5. The maximum atomic E-state index is 11.8. The lowest BCUT2D eigenvalue weighted by Crippen LogP contribution is -2.37. The number of aromatic carboxylic acids is 1. The monoisotopic (exact) mass is 617 g/mol. The van der Waals surface area contributed by atoms with Crippen LogP contribution in [0.3, 0.4) is 0 Å². The van der Waals surface area contributed by atoms with Crippen LogP contribution in [-0.2, 0) is 31.7 Å². The number of carboxylic acid groups (broad SMARTS) is 1. The van der Waals surface area contributed by atoms with Crippen LogP contribution in [0.2, 0.25) is 0 Å². The van der Waals surface area contributed by atoms with Crippen LogP contribution < -0.4 is 9.47 Å². The van der Waals surface area contributed by atoms with E-state index in [4.69, 9.17) is 19.4 Å². The summed E-state index contributed by atoms with van der Waals surface area (Å²) in [5, 5.41) is 18.8. The maximum Gasteiger partial charge on any atom is 0.335 e. The van der Waals surface area contributed by atoms with Crippen molar-refractivity contribution in [1.82, 2.24) is 29.0 Å². The highest BCUT2D eigenvalue weighted by molar-refractivity contribution is 5.92. The smallest absolute Gasteiger partial charge is 0.335 e. The number of fused-ring (bicyclic) bond motifs is 2. The number of nitriles is 1. The molecule has 3 aromatic heterocycles. The van der Waals surface area contributed by atoms with Crippen LogP contribution in [0.25, 0.3) is 11.0 Å². The minimum atomic E-state index is -0.951. The van der Waals surface area contributed by atoms with Crippen LogP contribution in [0.4, 0.5) is 0 Å². The summed E-state index contributed by atoms with van der Waals surface area (Å²) in [6.07, 6.45) is 5.76. The summed E-state index contributed by atoms with van der Waals surface area (Å²) in [6, 6.07) is 18.6. The van der Waals surface area contributed by atoms with Crippen molar-refractivity contribution in [2.45, 2.75) is 51.4 Å². The lowest BCUT2D eigenvalue weighted by atomic mass is 9.91. The van der Waals surface area contributed by atoms with Gasteiger partial charge in [-0.15, -0.1) is 0 Å². The molecule has 7 rings (SSSR count). The molecule has 46 heavy (non-hydrogen) atoms. The number of aromatic nitrogens is 5. The van der Waals surface area contributed by atoms with Gasteiger partial charge in [-0.1, -0.05) is 12.1 Å². The molecular formula is C35H35N7O4. The van der Waals surface area contributed by atoms with Gasteiger partial charge in [-0.05, 0) is 68.6 Å². The first-order chi connectivity index (χ1) is 22.4. The first-order valence-corrected chi connectivity index (χ1v) is 15.5. The number of hydrogen-bond acceptors (Lipinski definition) is 8. The molecule has 2 unspecified atom stereocenters. The molecule has 0 bridgehead atoms. The molecule has 0 spiro atoms. The molecule has 4 heterocycles. The number of piperidine rings is 1. The molecule has 11 heteroatoms. The molecule has 0 radical (unpaired) electrons. The van der Waals surface area contributed by atoms with Crippen LogP contribution in [0.5, 0.6) is 11.6 Å². The Morgan fingerprint density at radius 2 is 2.04 bits per heavy atom. The standard InChI is InChI=1S/C35H35N7O4/c1-3-41-22-37-17-27(41)19-42-29-14-24(34(43)44)9-10-28(29)38-32(42)20-40-12-11-35(15-26(35)18-40)31-5-4-6-33(39-31)46-21-25-8-7-23(16-36)13-30(25)45-2/h4-10,13-14,17,22,26H,3,11-12,15,18-21H2,1-2H3,(H,43,44). The number of imidazole rings is 2. The number of ether oxygens (including phenoxy) is 2. The van der Waals surface area contributed by atoms with Crippen LogP contribution in [-0.4, -0.2) is 60.3 Å². The number of carboxylic acids is 1. The van der Waals surface area contributed by atoms with Gasteiger partial charge in [0, 0.05) is 36.3 Å². The Morgan fingerprint density at radius 3 is 2.83 bits per heavy atom. The number of pyridine rings is 1. The van der Waals surface area contributed by atoms with Crippen LogP contribution in [0.1, 0.15) is 58.5 Å². The van der Waals surface area contributed by atoms with Crippen molar-refractivity contribution in [2.75, 3.05) is 20.2 Å². The van der Waals surface area contributed by atoms with Gasteiger partial charge in [-0.2, -0.15) is 5.26 Å². The van der Waals surface area contributed by atoms with Gasteiger partial charge >= 0.3 is 5.97 Å². The van der Waals surface area contributed by atoms with Gasteiger partial charge in [0.15, 0.2) is 0 Å². The molecule has 5 aromatic rings. The van der Waals surface area contributed by atoms with E-state index in [1.807, 2.05) is 30.7 Å². The molecule has 1 saturated heterocycles. The SMILES string of the molecule is CCn1cncc1Cn1c(CN2CCC3(c4cccc(OCc5ccc(C#N)cc5OC)n4)CC3C2)nc2ccc(C(=O)O)cc21. The van der Waals surface area contributed by atoms with E-state index in [9.17, 15) is 15.2 Å². The minimum absolute atomic E-state index is 0.0478. The number of hydrogen-bond donors (Lipinski definition) is 1. The van der Waals surface area contributed by atoms with Crippen molar-refractivity contribution in [3.05, 3.63) is 101 Å². The summed E-state index contributed by atoms with van der Waals surface area (Å²) < 4.78 is 15.8. The van der Waals surface area contributed by atoms with E-state index < -0.39 is 5.97 Å². The van der Waals surface area contributed by atoms with Gasteiger partial charge in [-0.3, -0.25) is 4.90 Å². The Labute approximate surface area is 266 Å². The topological polar surface area (TPSA) is 131 Å². The molecule has 1 aliphatic heterocycles. The van der Waals surface area contributed by atoms with Gasteiger partial charge in [0.2, 0.25) is 5.88 Å². The first kappa shape index (κ1) is 29.5. The second-order valence-electron chi connectivity index (χ2n) is 12.1. The number of aryl methyl sites for hydroxylation is 1. The number of likely N-dealkylation sites (tertiary alicyclic amines) is 1. The molecule has 2 aromatic carbocycles. The average molecular weight is 618 g/mol. The summed E-state index contributed by atoms with van der Waals surface area (Å²) in [7, 11) is 1.59. The summed E-state index contributed by atoms with van der Waals surface area (Å²) >= 11 is 0. The Kier molecular flexibility index (Phi) is 7.66. The van der Waals surface area contributed by atoms with Crippen molar-refractivity contribution in [2.24, 2.45) is 5.92 Å². The Morgan fingerprint density at radius 1 is 1.15 bits per heavy atom. The Balaban J connectivity index is 1.07. The number of carbonyl (C=O) groups is 1. The largest absolute Gasteiger partial charge is 0.496 e. The van der Waals surface area contributed by atoms with Crippen molar-refractivity contribution >= 4 is 17.0 Å². The van der Waals surface area contributed by atoms with Crippen molar-refractivity contribution in [3.63, 3.8) is 0 Å². The van der Waals surface area contributed by atoms with Gasteiger partial charge in [0.1, 0.15) is 18.2 Å². The second kappa shape index (κ2) is 11.9. The fourth-order valence-corrected chi connectivity index (χ4v) is 6.86. The number of methoxy groups -OCH3 is 1. The third kappa shape index (κ3) is 5.45. The lowest BCUT2D eigenvalue weighted by Gasteiger charge is -2.31. The van der Waals surface area contributed by atoms with Crippen molar-refractivity contribution < 1.29 is 19.4 Å². The van der Waals surface area contributed by atoms with E-state index in [0.717, 1.165) is 66.3 Å². The zero-order valence-electron chi connectivity index (χ0n) is 25.9. The van der Waals surface area contributed by atoms with Gasteiger partial charge in [0.25, 0.3) is 0 Å². The number of benzene rings is 2. The highest BCUT2D eigenvalue weighted by atomic mass is 16.5. The zero-order chi connectivity index (χ0) is 31.8. The molecule has 2 atom stereocenters. The van der Waals surface area contributed by atoms with Gasteiger partial charge in [-0.25, -0.2) is 19.7 Å². The average Bonchev–Trinajstić information content (AvgIpc) is 3.48. The number of rotatable bonds is 11. The summed E-state index contributed by atoms with van der Waals surface area (Å²) in [6.45, 7) is 6.26. The van der Waals surface area contributed by atoms with E-state index in [2.05, 4.69) is 38.1 Å². The molecule has 2 aliphatic rings. The lowest BCUT2D eigenvalue weighted by molar-refractivity contribution is 0.0697. The molecule has 1 N–H and O–H groups in total. The Bertz CT molecular complexity index is 1980. The predicted octanol–water partition coefficient (Wildman–Crippen LogP) is 5.02. The fourth-order valence-electron chi connectivity index (χ4n) is 6.86. The normalized spacial score (nSPS) is 19.0. The first-order valence-electron chi connectivity index (χ1n) is 15.5. The van der Waals surface area contributed by atoms with E-state index >= 15 is 0 Å². The van der Waals surface area contributed by atoms with E-state index in [1.54, 1.807) is 37.4 Å². The fraction of sp³-hybridized carbons (Fsp3) is 0.343. The minimum Gasteiger partial charge on any atom is -0.496 e. The van der Waals surface area contributed by atoms with E-state index in [-0.39, 0.29) is 11.0 Å². The summed E-state index contributed by atoms with van der Waals surface area (Å²) in [5.74, 6) is 1.65.